The third-order valence-electron chi connectivity index (χ3n) is 4.30. The fraction of sp³-hybridized carbons (Fsp3) is 0.0952. The number of aromatic nitrogens is 1. The number of nitrogens with zero attached hydrogens (tertiary/aromatic N) is 2. The number of hydrogen-bond acceptors (Lipinski definition) is 6. The van der Waals surface area contributed by atoms with Gasteiger partial charge in [0.2, 0.25) is 0 Å². The van der Waals surface area contributed by atoms with Gasteiger partial charge >= 0.3 is 0 Å². The summed E-state index contributed by atoms with van der Waals surface area (Å²) in [6.07, 6.45) is 1.25. The van der Waals surface area contributed by atoms with E-state index in [9.17, 15) is 9.59 Å². The minimum absolute atomic E-state index is 0.0131. The molecule has 0 bridgehead atoms. The van der Waals surface area contributed by atoms with E-state index in [-0.39, 0.29) is 18.8 Å². The van der Waals surface area contributed by atoms with Gasteiger partial charge in [-0.3, -0.25) is 14.5 Å². The molecule has 0 saturated carbocycles. The minimum Gasteiger partial charge on any atom is -0.395 e. The maximum Gasteiger partial charge on any atom is 0.277 e. The monoisotopic (exact) mass is 391 g/mol. The van der Waals surface area contributed by atoms with Crippen molar-refractivity contribution in [2.75, 3.05) is 18.5 Å². The summed E-state index contributed by atoms with van der Waals surface area (Å²) in [5, 5.41) is 14.9. The number of nitrogens with one attached hydrogen (secondary N) is 1. The molecule has 2 heterocycles. The first-order valence-corrected chi connectivity index (χ1v) is 9.60. The number of rotatable bonds is 6. The Morgan fingerprint density at radius 3 is 2.61 bits per heavy atom. The Balaban J connectivity index is 1.55. The molecule has 140 valence electrons. The second kappa shape index (κ2) is 7.75. The highest BCUT2D eigenvalue weighted by Gasteiger charge is 2.30. The van der Waals surface area contributed by atoms with Crippen LogP contribution in [0.15, 0.2) is 71.8 Å². The van der Waals surface area contributed by atoms with Crippen molar-refractivity contribution in [2.24, 2.45) is 0 Å². The molecule has 0 atom stereocenters. The Hall–Kier alpha value is -3.29. The number of thiazole rings is 1. The van der Waals surface area contributed by atoms with Crippen LogP contribution >= 0.6 is 11.3 Å². The second-order valence-electron chi connectivity index (χ2n) is 6.19. The molecule has 0 radical (unpaired) electrons. The van der Waals surface area contributed by atoms with Crippen LogP contribution in [0.4, 0.5) is 5.69 Å². The van der Waals surface area contributed by atoms with Crippen LogP contribution in [-0.4, -0.2) is 40.0 Å². The quantitative estimate of drug-likeness (QED) is 0.631. The van der Waals surface area contributed by atoms with Gasteiger partial charge in [0.05, 0.1) is 18.8 Å². The molecule has 28 heavy (non-hydrogen) atoms. The molecule has 0 unspecified atom stereocenters. The lowest BCUT2D eigenvalue weighted by molar-refractivity contribution is -0.137. The van der Waals surface area contributed by atoms with Crippen molar-refractivity contribution in [3.63, 3.8) is 0 Å². The van der Waals surface area contributed by atoms with Crippen molar-refractivity contribution in [3.05, 3.63) is 71.8 Å². The van der Waals surface area contributed by atoms with Crippen LogP contribution in [0.5, 0.6) is 0 Å². The van der Waals surface area contributed by atoms with E-state index in [1.165, 1.54) is 6.08 Å². The standard InChI is InChI=1S/C21H17N3O3S/c25-10-9-24-19(26)12-17(21(24)27)22-16-8-4-7-15(11-16)20-23-18(13-28-20)14-5-2-1-3-6-14/h1-8,11-13,22,25H,9-10H2. The van der Waals surface area contributed by atoms with Crippen molar-refractivity contribution < 1.29 is 14.7 Å². The zero-order valence-electron chi connectivity index (χ0n) is 14.8. The first kappa shape index (κ1) is 18.1. The third kappa shape index (κ3) is 3.58. The number of benzene rings is 2. The van der Waals surface area contributed by atoms with Crippen LogP contribution < -0.4 is 5.32 Å². The third-order valence-corrected chi connectivity index (χ3v) is 5.19. The van der Waals surface area contributed by atoms with E-state index in [1.54, 1.807) is 11.3 Å². The van der Waals surface area contributed by atoms with Gasteiger partial charge in [-0.1, -0.05) is 42.5 Å². The van der Waals surface area contributed by atoms with E-state index >= 15 is 0 Å². The van der Waals surface area contributed by atoms with Gasteiger partial charge in [-0.2, -0.15) is 0 Å². The number of β-amino-alcohol motifs (C(OH)–C–C–N with tert-alkyl or cyclic N) is 1. The predicted octanol–water partition coefficient (Wildman–Crippen LogP) is 3.13. The van der Waals surface area contributed by atoms with Crippen molar-refractivity contribution in [1.29, 1.82) is 0 Å². The molecule has 1 aromatic heterocycles. The van der Waals surface area contributed by atoms with Gasteiger partial charge in [-0.05, 0) is 12.1 Å². The van der Waals surface area contributed by atoms with Crippen molar-refractivity contribution >= 4 is 28.8 Å². The molecular weight excluding hydrogens is 374 g/mol. The Morgan fingerprint density at radius 2 is 1.82 bits per heavy atom. The van der Waals surface area contributed by atoms with Crippen LogP contribution in [0.1, 0.15) is 0 Å². The van der Waals surface area contributed by atoms with Gasteiger partial charge in [0.1, 0.15) is 10.7 Å². The Morgan fingerprint density at radius 1 is 1.04 bits per heavy atom. The maximum absolute atomic E-state index is 12.3. The number of carbonyl (C=O) groups is 2. The number of amides is 2. The van der Waals surface area contributed by atoms with Crippen LogP contribution in [0.25, 0.3) is 21.8 Å². The summed E-state index contributed by atoms with van der Waals surface area (Å²) in [5.41, 5.74) is 3.77. The van der Waals surface area contributed by atoms with Crippen LogP contribution in [0.2, 0.25) is 0 Å². The summed E-state index contributed by atoms with van der Waals surface area (Å²) in [7, 11) is 0. The van der Waals surface area contributed by atoms with Crippen molar-refractivity contribution in [2.45, 2.75) is 0 Å². The zero-order valence-corrected chi connectivity index (χ0v) is 15.6. The number of aliphatic hydroxyl groups is 1. The van der Waals surface area contributed by atoms with Crippen molar-refractivity contribution in [1.82, 2.24) is 9.88 Å². The summed E-state index contributed by atoms with van der Waals surface area (Å²) >= 11 is 1.55. The molecule has 0 spiro atoms. The molecule has 6 nitrogen and oxygen atoms in total. The highest BCUT2D eigenvalue weighted by Crippen LogP contribution is 2.30. The van der Waals surface area contributed by atoms with Crippen LogP contribution in [0, 0.1) is 0 Å². The first-order valence-electron chi connectivity index (χ1n) is 8.72. The molecule has 2 amide bonds. The molecule has 2 aromatic carbocycles. The highest BCUT2D eigenvalue weighted by molar-refractivity contribution is 7.13. The SMILES string of the molecule is O=C1C=C(Nc2cccc(-c3nc(-c4ccccc4)cs3)c2)C(=O)N1CCO. The van der Waals surface area contributed by atoms with E-state index in [0.29, 0.717) is 5.69 Å². The Labute approximate surface area is 165 Å². The van der Waals surface area contributed by atoms with Gasteiger partial charge in [-0.15, -0.1) is 11.3 Å². The molecule has 4 rings (SSSR count). The van der Waals surface area contributed by atoms with Crippen LogP contribution in [0.3, 0.4) is 0 Å². The summed E-state index contributed by atoms with van der Waals surface area (Å²) in [4.78, 5) is 29.9. The van der Waals surface area contributed by atoms with Gasteiger partial charge in [-0.25, -0.2) is 4.98 Å². The lowest BCUT2D eigenvalue weighted by Crippen LogP contribution is -2.34. The molecule has 0 aliphatic carbocycles. The highest BCUT2D eigenvalue weighted by atomic mass is 32.1. The molecular formula is C21H17N3O3S. The fourth-order valence-corrected chi connectivity index (χ4v) is 3.77. The van der Waals surface area contributed by atoms with Gasteiger partial charge < -0.3 is 10.4 Å². The smallest absolute Gasteiger partial charge is 0.277 e. The summed E-state index contributed by atoms with van der Waals surface area (Å²) < 4.78 is 0. The van der Waals surface area contributed by atoms with Crippen molar-refractivity contribution in [3.8, 4) is 21.8 Å². The average Bonchev–Trinajstić information content (AvgIpc) is 3.31. The number of hydrogen-bond donors (Lipinski definition) is 2. The first-order chi connectivity index (χ1) is 13.7. The fourth-order valence-electron chi connectivity index (χ4n) is 2.94. The van der Waals surface area contributed by atoms with E-state index in [1.807, 2.05) is 60.0 Å². The molecule has 1 aliphatic rings. The van der Waals surface area contributed by atoms with E-state index < -0.39 is 11.8 Å². The Bertz CT molecular complexity index is 1060. The number of anilines is 1. The van der Waals surface area contributed by atoms with Crippen LogP contribution in [-0.2, 0) is 9.59 Å². The minimum atomic E-state index is -0.440. The molecule has 1 aliphatic heterocycles. The van der Waals surface area contributed by atoms with E-state index in [0.717, 1.165) is 26.7 Å². The second-order valence-corrected chi connectivity index (χ2v) is 7.04. The summed E-state index contributed by atoms with van der Waals surface area (Å²) in [6.45, 7) is -0.275. The van der Waals surface area contributed by atoms with Gasteiger partial charge in [0.15, 0.2) is 0 Å². The van der Waals surface area contributed by atoms with E-state index in [4.69, 9.17) is 10.1 Å². The number of imide groups is 1. The normalized spacial score (nSPS) is 13.8. The summed E-state index contributed by atoms with van der Waals surface area (Å²) in [6, 6.07) is 17.5. The molecule has 7 heteroatoms. The average molecular weight is 391 g/mol. The number of aliphatic hydroxyl groups excluding tert-OH is 1. The lowest BCUT2D eigenvalue weighted by Gasteiger charge is -2.13. The van der Waals surface area contributed by atoms with Gasteiger partial charge in [0.25, 0.3) is 11.8 Å². The van der Waals surface area contributed by atoms with Gasteiger partial charge in [0, 0.05) is 28.3 Å². The molecule has 2 N–H and O–H groups in total. The molecule has 0 fully saturated rings. The zero-order chi connectivity index (χ0) is 19.5. The summed E-state index contributed by atoms with van der Waals surface area (Å²) in [5.74, 6) is -0.866. The molecule has 0 saturated heterocycles. The topological polar surface area (TPSA) is 82.5 Å². The number of carbonyl (C=O) groups excluding carboxylic acids is 2. The Kier molecular flexibility index (Phi) is 5.01. The molecule has 3 aromatic rings. The lowest BCUT2D eigenvalue weighted by atomic mass is 10.2. The largest absolute Gasteiger partial charge is 0.395 e. The van der Waals surface area contributed by atoms with E-state index in [2.05, 4.69) is 5.32 Å². The predicted molar refractivity (Wildman–Crippen MR) is 108 cm³/mol. The maximum atomic E-state index is 12.3.